The molecule has 0 aliphatic heterocycles. The summed E-state index contributed by atoms with van der Waals surface area (Å²) in [5.74, 6) is 0. The number of hydrogen-bond donors (Lipinski definition) is 1. The molecule has 3 heteroatoms. The van der Waals surface area contributed by atoms with Gasteiger partial charge in [0.05, 0.1) is 11.1 Å². The van der Waals surface area contributed by atoms with Crippen LogP contribution in [0.15, 0.2) is 42.7 Å². The van der Waals surface area contributed by atoms with Gasteiger partial charge in [-0.25, -0.2) is 0 Å². The van der Waals surface area contributed by atoms with Crippen molar-refractivity contribution < 1.29 is 0 Å². The molecule has 2 rings (SSSR count). The fourth-order valence-corrected chi connectivity index (χ4v) is 2.25. The van der Waals surface area contributed by atoms with Gasteiger partial charge in [-0.2, -0.15) is 0 Å². The highest BCUT2D eigenvalue weighted by atomic mass is 35.5. The second kappa shape index (κ2) is 5.32. The number of hydrogen-bond acceptors (Lipinski definition) is 2. The number of nitrogens with zero attached hydrogens (tertiary/aromatic N) is 1. The zero-order valence-corrected chi connectivity index (χ0v) is 12.3. The number of aromatic nitrogens is 1. The number of benzene rings is 1. The largest absolute Gasteiger partial charge is 0.320 e. The number of pyridine rings is 1. The minimum Gasteiger partial charge on any atom is -0.320 e. The fraction of sp³-hybridized carbons (Fsp3) is 0.312. The Balaban J connectivity index is 2.31. The predicted molar refractivity (Wildman–Crippen MR) is 80.4 cm³/mol. The molecular weight excluding hydrogens is 256 g/mol. The maximum Gasteiger partial charge on any atom is 0.0640 e. The van der Waals surface area contributed by atoms with Crippen LogP contribution in [0.4, 0.5) is 0 Å². The lowest BCUT2D eigenvalue weighted by atomic mass is 9.86. The van der Waals surface area contributed by atoms with Crippen molar-refractivity contribution in [2.24, 2.45) is 5.73 Å². The molecule has 0 aliphatic carbocycles. The molecule has 2 aromatic rings. The van der Waals surface area contributed by atoms with Crippen LogP contribution in [0, 0.1) is 0 Å². The standard InChI is InChI=1S/C16H19ClN2/c1-16(2,3)12-6-4-11(5-7-12)15(18)13-8-9-19-10-14(13)17/h4-10,15H,18H2,1-3H3. The maximum atomic E-state index is 6.26. The lowest BCUT2D eigenvalue weighted by Crippen LogP contribution is -2.14. The first-order valence-corrected chi connectivity index (χ1v) is 6.73. The van der Waals surface area contributed by atoms with Crippen LogP contribution >= 0.6 is 11.6 Å². The van der Waals surface area contributed by atoms with Crippen LogP contribution in [-0.2, 0) is 5.41 Å². The molecule has 2 N–H and O–H groups in total. The first kappa shape index (κ1) is 14.0. The lowest BCUT2D eigenvalue weighted by Gasteiger charge is -2.20. The highest BCUT2D eigenvalue weighted by molar-refractivity contribution is 6.31. The summed E-state index contributed by atoms with van der Waals surface area (Å²) in [6.45, 7) is 6.59. The summed E-state index contributed by atoms with van der Waals surface area (Å²) in [5.41, 5.74) is 9.67. The van der Waals surface area contributed by atoms with Gasteiger partial charge in [0.2, 0.25) is 0 Å². The first-order chi connectivity index (χ1) is 8.89. The zero-order chi connectivity index (χ0) is 14.0. The third-order valence-corrected chi connectivity index (χ3v) is 3.59. The summed E-state index contributed by atoms with van der Waals surface area (Å²) < 4.78 is 0. The van der Waals surface area contributed by atoms with Gasteiger partial charge in [-0.05, 0) is 28.2 Å². The Morgan fingerprint density at radius 2 is 1.74 bits per heavy atom. The summed E-state index contributed by atoms with van der Waals surface area (Å²) in [6, 6.07) is 10.0. The molecule has 0 saturated heterocycles. The van der Waals surface area contributed by atoms with Crippen molar-refractivity contribution in [1.29, 1.82) is 0 Å². The molecule has 0 spiro atoms. The molecular formula is C16H19ClN2. The average Bonchev–Trinajstić information content (AvgIpc) is 2.38. The van der Waals surface area contributed by atoms with E-state index < -0.39 is 0 Å². The summed E-state index contributed by atoms with van der Waals surface area (Å²) in [6.07, 6.45) is 3.34. The van der Waals surface area contributed by atoms with Crippen molar-refractivity contribution in [3.05, 3.63) is 64.4 Å². The lowest BCUT2D eigenvalue weighted by molar-refractivity contribution is 0.589. The van der Waals surface area contributed by atoms with Crippen molar-refractivity contribution in [2.75, 3.05) is 0 Å². The third-order valence-electron chi connectivity index (χ3n) is 3.27. The Labute approximate surface area is 119 Å². The predicted octanol–water partition coefficient (Wildman–Crippen LogP) is 4.08. The van der Waals surface area contributed by atoms with Gasteiger partial charge >= 0.3 is 0 Å². The second-order valence-electron chi connectivity index (χ2n) is 5.75. The third kappa shape index (κ3) is 3.14. The maximum absolute atomic E-state index is 6.26. The molecule has 0 radical (unpaired) electrons. The van der Waals surface area contributed by atoms with Crippen LogP contribution in [-0.4, -0.2) is 4.98 Å². The van der Waals surface area contributed by atoms with Gasteiger partial charge in [0.25, 0.3) is 0 Å². The van der Waals surface area contributed by atoms with Gasteiger partial charge < -0.3 is 5.73 Å². The van der Waals surface area contributed by atoms with E-state index in [0.29, 0.717) is 5.02 Å². The van der Waals surface area contributed by atoms with Crippen LogP contribution in [0.25, 0.3) is 0 Å². The van der Waals surface area contributed by atoms with E-state index in [0.717, 1.165) is 11.1 Å². The summed E-state index contributed by atoms with van der Waals surface area (Å²) in [5, 5.41) is 0.606. The van der Waals surface area contributed by atoms with E-state index in [2.05, 4.69) is 50.0 Å². The fourth-order valence-electron chi connectivity index (χ4n) is 2.01. The Kier molecular flexibility index (Phi) is 3.93. The van der Waals surface area contributed by atoms with Crippen molar-refractivity contribution in [3.63, 3.8) is 0 Å². The second-order valence-corrected chi connectivity index (χ2v) is 6.15. The van der Waals surface area contributed by atoms with Gasteiger partial charge in [-0.3, -0.25) is 4.98 Å². The molecule has 0 saturated carbocycles. The minimum atomic E-state index is -0.218. The number of rotatable bonds is 2. The minimum absolute atomic E-state index is 0.150. The van der Waals surface area contributed by atoms with Crippen LogP contribution in [0.1, 0.15) is 43.5 Å². The van der Waals surface area contributed by atoms with Gasteiger partial charge in [0.1, 0.15) is 0 Å². The van der Waals surface area contributed by atoms with Crippen molar-refractivity contribution in [2.45, 2.75) is 32.2 Å². The Hall–Kier alpha value is -1.38. The van der Waals surface area contributed by atoms with Gasteiger partial charge in [-0.15, -0.1) is 0 Å². The molecule has 1 aromatic heterocycles. The Morgan fingerprint density at radius 1 is 1.11 bits per heavy atom. The Morgan fingerprint density at radius 3 is 2.26 bits per heavy atom. The van der Waals surface area contributed by atoms with E-state index in [9.17, 15) is 0 Å². The average molecular weight is 275 g/mol. The van der Waals surface area contributed by atoms with Crippen LogP contribution in [0.2, 0.25) is 5.02 Å². The molecule has 1 aromatic carbocycles. The monoisotopic (exact) mass is 274 g/mol. The molecule has 0 bridgehead atoms. The molecule has 0 amide bonds. The van der Waals surface area contributed by atoms with Gasteiger partial charge in [0, 0.05) is 12.4 Å². The van der Waals surface area contributed by atoms with E-state index in [-0.39, 0.29) is 11.5 Å². The van der Waals surface area contributed by atoms with Crippen LogP contribution in [0.5, 0.6) is 0 Å². The van der Waals surface area contributed by atoms with E-state index in [1.807, 2.05) is 6.07 Å². The first-order valence-electron chi connectivity index (χ1n) is 6.35. The van der Waals surface area contributed by atoms with E-state index in [4.69, 9.17) is 17.3 Å². The quantitative estimate of drug-likeness (QED) is 0.896. The summed E-state index contributed by atoms with van der Waals surface area (Å²) in [7, 11) is 0. The highest BCUT2D eigenvalue weighted by Gasteiger charge is 2.16. The van der Waals surface area contributed by atoms with Crippen LogP contribution < -0.4 is 5.73 Å². The molecule has 19 heavy (non-hydrogen) atoms. The molecule has 1 atom stereocenters. The summed E-state index contributed by atoms with van der Waals surface area (Å²) >= 11 is 6.13. The Bertz CT molecular complexity index is 556. The smallest absolute Gasteiger partial charge is 0.0640 e. The van der Waals surface area contributed by atoms with Gasteiger partial charge in [-0.1, -0.05) is 56.6 Å². The van der Waals surface area contributed by atoms with E-state index >= 15 is 0 Å². The number of nitrogens with two attached hydrogens (primary N) is 1. The van der Waals surface area contributed by atoms with Gasteiger partial charge in [0.15, 0.2) is 0 Å². The molecule has 1 unspecified atom stereocenters. The molecule has 0 aliphatic rings. The molecule has 0 fully saturated rings. The highest BCUT2D eigenvalue weighted by Crippen LogP contribution is 2.28. The SMILES string of the molecule is CC(C)(C)c1ccc(C(N)c2ccncc2Cl)cc1. The van der Waals surface area contributed by atoms with Crippen molar-refractivity contribution in [1.82, 2.24) is 4.98 Å². The zero-order valence-electron chi connectivity index (χ0n) is 11.5. The van der Waals surface area contributed by atoms with E-state index in [1.54, 1.807) is 12.4 Å². The number of halogens is 1. The van der Waals surface area contributed by atoms with E-state index in [1.165, 1.54) is 5.56 Å². The normalized spacial score (nSPS) is 13.3. The molecule has 1 heterocycles. The topological polar surface area (TPSA) is 38.9 Å². The van der Waals surface area contributed by atoms with Crippen molar-refractivity contribution >= 4 is 11.6 Å². The molecule has 2 nitrogen and oxygen atoms in total. The molecule has 100 valence electrons. The van der Waals surface area contributed by atoms with Crippen molar-refractivity contribution in [3.8, 4) is 0 Å². The summed E-state index contributed by atoms with van der Waals surface area (Å²) in [4.78, 5) is 3.98. The van der Waals surface area contributed by atoms with Crippen LogP contribution in [0.3, 0.4) is 0 Å².